The van der Waals surface area contributed by atoms with E-state index in [1.165, 1.54) is 5.56 Å². The molecule has 0 bridgehead atoms. The summed E-state index contributed by atoms with van der Waals surface area (Å²) in [6.07, 6.45) is 33.2. The molecule has 0 N–H and O–H groups in total. The summed E-state index contributed by atoms with van der Waals surface area (Å²) in [4.78, 5) is 12.3. The molecule has 196 valence electrons. The highest BCUT2D eigenvalue weighted by atomic mass is 16.5. The summed E-state index contributed by atoms with van der Waals surface area (Å²) >= 11 is 0. The third-order valence-electron chi connectivity index (χ3n) is 5.66. The van der Waals surface area contributed by atoms with Crippen molar-refractivity contribution in [2.24, 2.45) is 0 Å². The summed E-state index contributed by atoms with van der Waals surface area (Å²) in [7, 11) is 0. The van der Waals surface area contributed by atoms with Crippen LogP contribution in [0.3, 0.4) is 0 Å². The number of carbonyl (C=O) groups is 1. The second-order valence-electron chi connectivity index (χ2n) is 9.53. The van der Waals surface area contributed by atoms with Crippen molar-refractivity contribution >= 4 is 5.97 Å². The molecule has 0 aromatic heterocycles. The molecule has 1 rings (SSSR count). The van der Waals surface area contributed by atoms with Crippen LogP contribution in [0.15, 0.2) is 91.1 Å². The molecule has 0 saturated carbocycles. The summed E-state index contributed by atoms with van der Waals surface area (Å²) in [5.41, 5.74) is 2.37. The van der Waals surface area contributed by atoms with Crippen LogP contribution < -0.4 is 4.74 Å². The lowest BCUT2D eigenvalue weighted by atomic mass is 9.95. The number of ether oxygens (including phenoxy) is 1. The molecular formula is C34H48O2. The van der Waals surface area contributed by atoms with Gasteiger partial charge in [-0.15, -0.1) is 0 Å². The van der Waals surface area contributed by atoms with Crippen molar-refractivity contribution in [2.75, 3.05) is 0 Å². The molecule has 0 aliphatic heterocycles. The number of esters is 1. The Morgan fingerprint density at radius 3 is 1.61 bits per heavy atom. The minimum Gasteiger partial charge on any atom is -0.426 e. The van der Waals surface area contributed by atoms with Gasteiger partial charge >= 0.3 is 5.97 Å². The molecular weight excluding hydrogens is 440 g/mol. The van der Waals surface area contributed by atoms with E-state index in [4.69, 9.17) is 4.74 Å². The van der Waals surface area contributed by atoms with Gasteiger partial charge in [0.1, 0.15) is 5.75 Å². The monoisotopic (exact) mass is 488 g/mol. The normalized spacial score (nSPS) is 12.9. The van der Waals surface area contributed by atoms with Gasteiger partial charge in [-0.05, 0) is 74.0 Å². The highest BCUT2D eigenvalue weighted by Gasteiger charge is 2.13. The van der Waals surface area contributed by atoms with E-state index in [-0.39, 0.29) is 5.97 Å². The van der Waals surface area contributed by atoms with Crippen LogP contribution in [0, 0.1) is 0 Å². The Bertz CT molecular complexity index is 907. The third kappa shape index (κ3) is 15.2. The second-order valence-corrected chi connectivity index (χ2v) is 9.53. The topological polar surface area (TPSA) is 26.3 Å². The molecule has 0 unspecified atom stereocenters. The van der Waals surface area contributed by atoms with Gasteiger partial charge in [0.25, 0.3) is 0 Å². The first kappa shape index (κ1) is 31.2. The van der Waals surface area contributed by atoms with Crippen LogP contribution in [0.2, 0.25) is 0 Å². The fraction of sp³-hybridized carbons (Fsp3) is 0.441. The van der Waals surface area contributed by atoms with E-state index in [1.807, 2.05) is 6.07 Å². The SMILES string of the molecule is CC/C=C\C/C=C\C/C=C\C/C=C\C/C=C\C/C=C\CCC(=O)Oc1ccc(C(C)C)cc1C(C)C. The van der Waals surface area contributed by atoms with E-state index >= 15 is 0 Å². The zero-order chi connectivity index (χ0) is 26.4. The Labute approximate surface area is 221 Å². The molecule has 2 nitrogen and oxygen atoms in total. The molecule has 0 saturated heterocycles. The van der Waals surface area contributed by atoms with E-state index in [2.05, 4.69) is 120 Å². The van der Waals surface area contributed by atoms with E-state index in [0.717, 1.165) is 44.1 Å². The average Bonchev–Trinajstić information content (AvgIpc) is 2.85. The number of carbonyl (C=O) groups excluding carboxylic acids is 1. The predicted octanol–water partition coefficient (Wildman–Crippen LogP) is 10.3. The van der Waals surface area contributed by atoms with Gasteiger partial charge in [0, 0.05) is 6.42 Å². The van der Waals surface area contributed by atoms with Gasteiger partial charge in [0.05, 0.1) is 0 Å². The molecule has 0 fully saturated rings. The minimum atomic E-state index is -0.172. The Morgan fingerprint density at radius 2 is 1.17 bits per heavy atom. The zero-order valence-corrected chi connectivity index (χ0v) is 23.3. The van der Waals surface area contributed by atoms with Crippen LogP contribution >= 0.6 is 0 Å². The molecule has 1 aromatic rings. The predicted molar refractivity (Wildman–Crippen MR) is 158 cm³/mol. The van der Waals surface area contributed by atoms with Gasteiger partial charge in [0.15, 0.2) is 0 Å². The van der Waals surface area contributed by atoms with Crippen molar-refractivity contribution < 1.29 is 9.53 Å². The maximum absolute atomic E-state index is 12.3. The highest BCUT2D eigenvalue weighted by molar-refractivity contribution is 5.73. The van der Waals surface area contributed by atoms with Crippen molar-refractivity contribution in [2.45, 2.75) is 97.8 Å². The number of hydrogen-bond acceptors (Lipinski definition) is 2. The lowest BCUT2D eigenvalue weighted by molar-refractivity contribution is -0.134. The third-order valence-corrected chi connectivity index (χ3v) is 5.66. The summed E-state index contributed by atoms with van der Waals surface area (Å²) < 4.78 is 5.67. The lowest BCUT2D eigenvalue weighted by Gasteiger charge is -2.16. The Kier molecular flexibility index (Phi) is 17.6. The molecule has 0 amide bonds. The Morgan fingerprint density at radius 1 is 0.694 bits per heavy atom. The summed E-state index contributed by atoms with van der Waals surface area (Å²) in [6, 6.07) is 6.17. The van der Waals surface area contributed by atoms with Gasteiger partial charge in [-0.2, -0.15) is 0 Å². The van der Waals surface area contributed by atoms with E-state index in [1.54, 1.807) is 0 Å². The number of benzene rings is 1. The molecule has 0 heterocycles. The first-order valence-electron chi connectivity index (χ1n) is 13.7. The number of rotatable bonds is 17. The molecule has 0 aliphatic rings. The summed E-state index contributed by atoms with van der Waals surface area (Å²) in [5, 5.41) is 0. The van der Waals surface area contributed by atoms with Crippen LogP contribution in [-0.2, 0) is 4.79 Å². The van der Waals surface area contributed by atoms with Gasteiger partial charge in [-0.25, -0.2) is 0 Å². The Hall–Kier alpha value is -2.87. The van der Waals surface area contributed by atoms with Gasteiger partial charge < -0.3 is 4.74 Å². The first-order chi connectivity index (χ1) is 17.5. The van der Waals surface area contributed by atoms with E-state index in [9.17, 15) is 4.79 Å². The first-order valence-corrected chi connectivity index (χ1v) is 13.7. The van der Waals surface area contributed by atoms with Gasteiger partial charge in [0.2, 0.25) is 0 Å². The van der Waals surface area contributed by atoms with Crippen LogP contribution in [0.25, 0.3) is 0 Å². The van der Waals surface area contributed by atoms with Crippen LogP contribution in [0.5, 0.6) is 5.75 Å². The maximum Gasteiger partial charge on any atom is 0.311 e. The van der Waals surface area contributed by atoms with Gasteiger partial charge in [-0.1, -0.05) is 120 Å². The standard InChI is InChI=1S/C34H48O2/c1-6-7-8-9-10-11-12-13-14-15-16-17-18-19-20-21-22-23-24-25-34(35)36-33-27-26-31(29(2)3)28-32(33)30(4)5/h7-8,10-11,13-14,16-17,19-20,22-23,26-30H,6,9,12,15,18,21,24-25H2,1-5H3/b8-7-,11-10-,14-13-,17-16-,20-19-,23-22-. The minimum absolute atomic E-state index is 0.172. The molecule has 0 radical (unpaired) electrons. The fourth-order valence-electron chi connectivity index (χ4n) is 3.48. The van der Waals surface area contributed by atoms with Gasteiger partial charge in [-0.3, -0.25) is 4.79 Å². The van der Waals surface area contributed by atoms with Crippen molar-refractivity contribution in [1.29, 1.82) is 0 Å². The molecule has 2 heteroatoms. The molecule has 1 aromatic carbocycles. The lowest BCUT2D eigenvalue weighted by Crippen LogP contribution is -2.09. The summed E-state index contributed by atoms with van der Waals surface area (Å²) in [6.45, 7) is 10.8. The molecule has 36 heavy (non-hydrogen) atoms. The smallest absolute Gasteiger partial charge is 0.311 e. The zero-order valence-electron chi connectivity index (χ0n) is 23.3. The quantitative estimate of drug-likeness (QED) is 0.124. The fourth-order valence-corrected chi connectivity index (χ4v) is 3.48. The van der Waals surface area contributed by atoms with Crippen molar-refractivity contribution in [3.8, 4) is 5.75 Å². The number of hydrogen-bond donors (Lipinski definition) is 0. The molecule has 0 aliphatic carbocycles. The molecule has 0 atom stereocenters. The maximum atomic E-state index is 12.3. The van der Waals surface area contributed by atoms with E-state index in [0.29, 0.717) is 30.4 Å². The number of allylic oxidation sites excluding steroid dienone is 12. The Balaban J connectivity index is 2.19. The van der Waals surface area contributed by atoms with Crippen LogP contribution in [0.4, 0.5) is 0 Å². The molecule has 0 spiro atoms. The van der Waals surface area contributed by atoms with Crippen molar-refractivity contribution in [3.63, 3.8) is 0 Å². The van der Waals surface area contributed by atoms with E-state index < -0.39 is 0 Å². The highest BCUT2D eigenvalue weighted by Crippen LogP contribution is 2.30. The summed E-state index contributed by atoms with van der Waals surface area (Å²) in [5.74, 6) is 1.30. The largest absolute Gasteiger partial charge is 0.426 e. The van der Waals surface area contributed by atoms with Crippen LogP contribution in [-0.4, -0.2) is 5.97 Å². The van der Waals surface area contributed by atoms with Crippen molar-refractivity contribution in [3.05, 3.63) is 102 Å². The second kappa shape index (κ2) is 20.3. The van der Waals surface area contributed by atoms with Crippen molar-refractivity contribution in [1.82, 2.24) is 0 Å². The average molecular weight is 489 g/mol. The van der Waals surface area contributed by atoms with Crippen LogP contribution in [0.1, 0.15) is 109 Å².